The molecular weight excluding hydrogens is 238 g/mol. The quantitative estimate of drug-likeness (QED) is 0.604. The number of methoxy groups -OCH3 is 1. The largest absolute Gasteiger partial charge is 0.481 e. The summed E-state index contributed by atoms with van der Waals surface area (Å²) in [5.74, 6) is -1.24. The fourth-order valence-corrected chi connectivity index (χ4v) is 2.45. The number of hydrogen-bond donors (Lipinski definition) is 3. The summed E-state index contributed by atoms with van der Waals surface area (Å²) in [4.78, 5) is 23.1. The Bertz CT molecular complexity index is 299. The molecule has 1 aliphatic rings. The molecule has 0 spiro atoms. The molecule has 18 heavy (non-hydrogen) atoms. The zero-order chi connectivity index (χ0) is 13.6. The van der Waals surface area contributed by atoms with Crippen LogP contribution in [0.4, 0.5) is 0 Å². The summed E-state index contributed by atoms with van der Waals surface area (Å²) in [5, 5.41) is 20.9. The van der Waals surface area contributed by atoms with Gasteiger partial charge in [-0.05, 0) is 12.8 Å². The minimum atomic E-state index is -0.919. The first-order chi connectivity index (χ1) is 8.54. The third kappa shape index (κ3) is 3.68. The van der Waals surface area contributed by atoms with Crippen LogP contribution in [0.1, 0.15) is 32.1 Å². The van der Waals surface area contributed by atoms with Crippen LogP contribution < -0.4 is 5.32 Å². The lowest BCUT2D eigenvalue weighted by molar-refractivity contribution is -0.151. The van der Waals surface area contributed by atoms with Gasteiger partial charge < -0.3 is 20.3 Å². The molecule has 0 aromatic carbocycles. The van der Waals surface area contributed by atoms with E-state index in [0.29, 0.717) is 12.8 Å². The van der Waals surface area contributed by atoms with Crippen LogP contribution in [0.3, 0.4) is 0 Å². The Morgan fingerprint density at radius 3 is 2.44 bits per heavy atom. The van der Waals surface area contributed by atoms with E-state index < -0.39 is 17.4 Å². The van der Waals surface area contributed by atoms with Crippen molar-refractivity contribution in [3.63, 3.8) is 0 Å². The maximum atomic E-state index is 11.8. The molecule has 1 atom stereocenters. The molecule has 6 heteroatoms. The summed E-state index contributed by atoms with van der Waals surface area (Å²) in [5.41, 5.74) is -0.919. The first-order valence-electron chi connectivity index (χ1n) is 6.16. The molecule has 1 saturated carbocycles. The van der Waals surface area contributed by atoms with E-state index in [9.17, 15) is 14.7 Å². The van der Waals surface area contributed by atoms with Crippen molar-refractivity contribution in [3.05, 3.63) is 0 Å². The topological polar surface area (TPSA) is 95.9 Å². The van der Waals surface area contributed by atoms with Gasteiger partial charge in [0.15, 0.2) is 0 Å². The van der Waals surface area contributed by atoms with E-state index in [2.05, 4.69) is 5.32 Å². The normalized spacial score (nSPS) is 19.4. The molecule has 0 aromatic rings. The van der Waals surface area contributed by atoms with Crippen LogP contribution in [0.2, 0.25) is 0 Å². The maximum Gasteiger partial charge on any atom is 0.310 e. The van der Waals surface area contributed by atoms with E-state index in [1.165, 1.54) is 7.11 Å². The zero-order valence-corrected chi connectivity index (χ0v) is 10.6. The molecule has 1 fully saturated rings. The average molecular weight is 259 g/mol. The summed E-state index contributed by atoms with van der Waals surface area (Å²) in [6.45, 7) is -0.0119. The smallest absolute Gasteiger partial charge is 0.310 e. The van der Waals surface area contributed by atoms with E-state index >= 15 is 0 Å². The van der Waals surface area contributed by atoms with Crippen molar-refractivity contribution in [2.24, 2.45) is 5.41 Å². The van der Waals surface area contributed by atoms with Crippen LogP contribution in [0, 0.1) is 5.41 Å². The summed E-state index contributed by atoms with van der Waals surface area (Å²) in [7, 11) is 1.48. The van der Waals surface area contributed by atoms with Gasteiger partial charge in [0.1, 0.15) is 0 Å². The summed E-state index contributed by atoms with van der Waals surface area (Å²) >= 11 is 0. The van der Waals surface area contributed by atoms with Gasteiger partial charge in [-0.3, -0.25) is 9.59 Å². The van der Waals surface area contributed by atoms with Gasteiger partial charge in [0, 0.05) is 13.5 Å². The van der Waals surface area contributed by atoms with Gasteiger partial charge in [-0.25, -0.2) is 0 Å². The van der Waals surface area contributed by atoms with Crippen molar-refractivity contribution < 1.29 is 24.5 Å². The van der Waals surface area contributed by atoms with Crippen LogP contribution in [0.15, 0.2) is 0 Å². The number of aliphatic hydroxyl groups excluding tert-OH is 1. The molecule has 0 aromatic heterocycles. The molecule has 1 aliphatic carbocycles. The monoisotopic (exact) mass is 259 g/mol. The molecule has 6 nitrogen and oxygen atoms in total. The molecule has 104 valence electrons. The number of amides is 1. The number of rotatable bonds is 7. The first kappa shape index (κ1) is 14.9. The van der Waals surface area contributed by atoms with Crippen molar-refractivity contribution in [3.8, 4) is 0 Å². The SMILES string of the molecule is COCC(CO)NC(=O)CC1(C(=O)O)CCCC1. The molecular formula is C12H21NO5. The van der Waals surface area contributed by atoms with Crippen molar-refractivity contribution in [1.82, 2.24) is 5.32 Å². The highest BCUT2D eigenvalue weighted by atomic mass is 16.5. The van der Waals surface area contributed by atoms with Crippen LogP contribution in [0.25, 0.3) is 0 Å². The Balaban J connectivity index is 2.54. The minimum Gasteiger partial charge on any atom is -0.481 e. The second-order valence-corrected chi connectivity index (χ2v) is 4.87. The van der Waals surface area contributed by atoms with Crippen molar-refractivity contribution >= 4 is 11.9 Å². The highest BCUT2D eigenvalue weighted by molar-refractivity contribution is 5.85. The number of carbonyl (C=O) groups is 2. The Morgan fingerprint density at radius 2 is 2.00 bits per heavy atom. The molecule has 0 saturated heterocycles. The number of carbonyl (C=O) groups excluding carboxylic acids is 1. The molecule has 3 N–H and O–H groups in total. The first-order valence-corrected chi connectivity index (χ1v) is 6.16. The third-order valence-corrected chi connectivity index (χ3v) is 3.47. The van der Waals surface area contributed by atoms with Gasteiger partial charge in [-0.1, -0.05) is 12.8 Å². The highest BCUT2D eigenvalue weighted by Gasteiger charge is 2.43. The number of nitrogens with one attached hydrogen (secondary N) is 1. The molecule has 1 unspecified atom stereocenters. The summed E-state index contributed by atoms with van der Waals surface area (Å²) in [6.07, 6.45) is 2.76. The van der Waals surface area contributed by atoms with Crippen LogP contribution >= 0.6 is 0 Å². The minimum absolute atomic E-state index is 0.0253. The fourth-order valence-electron chi connectivity index (χ4n) is 2.45. The Hall–Kier alpha value is -1.14. The molecule has 1 amide bonds. The molecule has 1 rings (SSSR count). The van der Waals surface area contributed by atoms with Crippen molar-refractivity contribution in [2.45, 2.75) is 38.1 Å². The molecule has 0 heterocycles. The van der Waals surface area contributed by atoms with Crippen molar-refractivity contribution in [1.29, 1.82) is 0 Å². The second kappa shape index (κ2) is 6.70. The lowest BCUT2D eigenvalue weighted by Crippen LogP contribution is -2.43. The van der Waals surface area contributed by atoms with E-state index in [4.69, 9.17) is 9.84 Å². The fraction of sp³-hybridized carbons (Fsp3) is 0.833. The van der Waals surface area contributed by atoms with E-state index in [0.717, 1.165) is 12.8 Å². The predicted octanol–water partition coefficient (Wildman–Crippen LogP) is 0.145. The lowest BCUT2D eigenvalue weighted by Gasteiger charge is -2.24. The van der Waals surface area contributed by atoms with Gasteiger partial charge >= 0.3 is 5.97 Å². The van der Waals surface area contributed by atoms with Gasteiger partial charge in [-0.15, -0.1) is 0 Å². The summed E-state index contributed by atoms with van der Waals surface area (Å²) in [6, 6.07) is -0.477. The number of carboxylic acid groups (broad SMARTS) is 1. The zero-order valence-electron chi connectivity index (χ0n) is 10.6. The summed E-state index contributed by atoms with van der Waals surface area (Å²) < 4.78 is 4.85. The Kier molecular flexibility index (Phi) is 5.55. The predicted molar refractivity (Wildman–Crippen MR) is 64.0 cm³/mol. The number of hydrogen-bond acceptors (Lipinski definition) is 4. The van der Waals surface area contributed by atoms with E-state index in [1.807, 2.05) is 0 Å². The standard InChI is InChI=1S/C12H21NO5/c1-18-8-9(7-14)13-10(15)6-12(11(16)17)4-2-3-5-12/h9,14H,2-8H2,1H3,(H,13,15)(H,16,17). The van der Waals surface area contributed by atoms with E-state index in [1.54, 1.807) is 0 Å². The Morgan fingerprint density at radius 1 is 1.39 bits per heavy atom. The molecule has 0 aliphatic heterocycles. The van der Waals surface area contributed by atoms with Crippen LogP contribution in [-0.2, 0) is 14.3 Å². The third-order valence-electron chi connectivity index (χ3n) is 3.47. The second-order valence-electron chi connectivity index (χ2n) is 4.87. The number of carboxylic acids is 1. The highest BCUT2D eigenvalue weighted by Crippen LogP contribution is 2.41. The molecule has 0 bridgehead atoms. The lowest BCUT2D eigenvalue weighted by atomic mass is 9.82. The molecule has 0 radical (unpaired) electrons. The maximum absolute atomic E-state index is 11.8. The Labute approximate surface area is 106 Å². The van der Waals surface area contributed by atoms with Crippen LogP contribution in [-0.4, -0.2) is 48.5 Å². The van der Waals surface area contributed by atoms with Crippen molar-refractivity contribution in [2.75, 3.05) is 20.3 Å². The van der Waals surface area contributed by atoms with Gasteiger partial charge in [0.2, 0.25) is 5.91 Å². The van der Waals surface area contributed by atoms with Gasteiger partial charge in [0.25, 0.3) is 0 Å². The number of ether oxygens (including phenoxy) is 1. The van der Waals surface area contributed by atoms with Crippen LogP contribution in [0.5, 0.6) is 0 Å². The van der Waals surface area contributed by atoms with E-state index in [-0.39, 0.29) is 25.5 Å². The van der Waals surface area contributed by atoms with Gasteiger partial charge in [-0.2, -0.15) is 0 Å². The number of aliphatic carboxylic acids is 1. The average Bonchev–Trinajstić information content (AvgIpc) is 2.78. The number of aliphatic hydroxyl groups is 1. The van der Waals surface area contributed by atoms with Gasteiger partial charge in [0.05, 0.1) is 24.7 Å².